The van der Waals surface area contributed by atoms with Gasteiger partial charge in [-0.05, 0) is 48.9 Å². The quantitative estimate of drug-likeness (QED) is 0.210. The van der Waals surface area contributed by atoms with Gasteiger partial charge in [0.15, 0.2) is 0 Å². The molecular formula is C28H24F2N4O5S. The summed E-state index contributed by atoms with van der Waals surface area (Å²) >= 11 is 1.22. The van der Waals surface area contributed by atoms with E-state index < -0.39 is 23.6 Å². The van der Waals surface area contributed by atoms with Gasteiger partial charge in [0.25, 0.3) is 5.91 Å². The molecule has 9 nitrogen and oxygen atoms in total. The minimum absolute atomic E-state index is 0.0247. The molecule has 0 bridgehead atoms. The number of pyridine rings is 1. The third-order valence-electron chi connectivity index (χ3n) is 5.49. The van der Waals surface area contributed by atoms with Crippen LogP contribution in [0, 0.1) is 18.6 Å². The zero-order valence-corrected chi connectivity index (χ0v) is 22.2. The van der Waals surface area contributed by atoms with Gasteiger partial charge in [0.1, 0.15) is 23.1 Å². The van der Waals surface area contributed by atoms with Crippen LogP contribution in [0.3, 0.4) is 0 Å². The molecule has 2 aromatic heterocycles. The molecule has 0 saturated heterocycles. The summed E-state index contributed by atoms with van der Waals surface area (Å²) in [7, 11) is 1.28. The van der Waals surface area contributed by atoms with E-state index >= 15 is 0 Å². The molecule has 0 fully saturated rings. The zero-order valence-electron chi connectivity index (χ0n) is 21.4. The number of rotatable bonds is 9. The highest BCUT2D eigenvalue weighted by Gasteiger charge is 2.14. The maximum Gasteiger partial charge on any atom is 0.323 e. The lowest BCUT2D eigenvalue weighted by atomic mass is 10.2. The van der Waals surface area contributed by atoms with Gasteiger partial charge in [0.05, 0.1) is 35.5 Å². The monoisotopic (exact) mass is 566 g/mol. The number of hydrogen-bond acceptors (Lipinski definition) is 7. The lowest BCUT2D eigenvalue weighted by molar-refractivity contribution is -0.140. The van der Waals surface area contributed by atoms with Crippen molar-refractivity contribution in [3.63, 3.8) is 0 Å². The Kier molecular flexibility index (Phi) is 9.02. The summed E-state index contributed by atoms with van der Waals surface area (Å²) in [6, 6.07) is 12.2. The minimum atomic E-state index is -0.803. The maximum absolute atomic E-state index is 14.7. The first-order valence-corrected chi connectivity index (χ1v) is 12.8. The number of carbonyl (C=O) groups excluding carboxylic acids is 3. The molecule has 0 atom stereocenters. The molecule has 206 valence electrons. The highest BCUT2D eigenvalue weighted by atomic mass is 32.1. The van der Waals surface area contributed by atoms with Gasteiger partial charge < -0.3 is 25.4 Å². The summed E-state index contributed by atoms with van der Waals surface area (Å²) in [4.78, 5) is 40.5. The molecule has 4 aromatic rings. The van der Waals surface area contributed by atoms with E-state index in [2.05, 4.69) is 25.7 Å². The van der Waals surface area contributed by atoms with E-state index in [1.165, 1.54) is 48.9 Å². The molecule has 2 aromatic carbocycles. The predicted octanol–water partition coefficient (Wildman–Crippen LogP) is 6.13. The molecule has 0 unspecified atom stereocenters. The number of benzene rings is 2. The summed E-state index contributed by atoms with van der Waals surface area (Å²) in [5.74, 6) is -1.57. The van der Waals surface area contributed by atoms with Crippen LogP contribution in [-0.2, 0) is 9.53 Å². The van der Waals surface area contributed by atoms with Gasteiger partial charge in [0.2, 0.25) is 0 Å². The van der Waals surface area contributed by atoms with E-state index in [1.807, 2.05) is 0 Å². The Morgan fingerprint density at radius 2 is 1.70 bits per heavy atom. The fourth-order valence-corrected chi connectivity index (χ4v) is 4.31. The molecule has 0 saturated carbocycles. The number of amides is 3. The summed E-state index contributed by atoms with van der Waals surface area (Å²) < 4.78 is 38.9. The van der Waals surface area contributed by atoms with Gasteiger partial charge in [-0.3, -0.25) is 14.6 Å². The van der Waals surface area contributed by atoms with Crippen LogP contribution >= 0.6 is 11.3 Å². The first kappa shape index (κ1) is 28.2. The van der Waals surface area contributed by atoms with Crippen molar-refractivity contribution in [3.8, 4) is 22.8 Å². The minimum Gasteiger partial charge on any atom is -0.469 e. The molecule has 3 N–H and O–H groups in total. The molecule has 0 radical (unpaired) electrons. The molecule has 3 amide bonds. The number of esters is 1. The van der Waals surface area contributed by atoms with Crippen molar-refractivity contribution in [2.24, 2.45) is 0 Å². The summed E-state index contributed by atoms with van der Waals surface area (Å²) in [5, 5.41) is 9.12. The number of nitrogens with one attached hydrogen (secondary N) is 3. The van der Waals surface area contributed by atoms with Crippen molar-refractivity contribution >= 4 is 40.6 Å². The topological polar surface area (TPSA) is 119 Å². The summed E-state index contributed by atoms with van der Waals surface area (Å²) in [6.45, 7) is 1.90. The molecule has 12 heteroatoms. The summed E-state index contributed by atoms with van der Waals surface area (Å²) in [6.07, 6.45) is 1.58. The Morgan fingerprint density at radius 1 is 0.925 bits per heavy atom. The fourth-order valence-electron chi connectivity index (χ4n) is 3.50. The van der Waals surface area contributed by atoms with Gasteiger partial charge in [0, 0.05) is 35.8 Å². The largest absolute Gasteiger partial charge is 0.469 e. The lowest BCUT2D eigenvalue weighted by Gasteiger charge is -2.11. The van der Waals surface area contributed by atoms with Crippen LogP contribution < -0.4 is 20.7 Å². The van der Waals surface area contributed by atoms with Crippen molar-refractivity contribution in [2.45, 2.75) is 13.3 Å². The van der Waals surface area contributed by atoms with Crippen molar-refractivity contribution < 1.29 is 32.6 Å². The van der Waals surface area contributed by atoms with Gasteiger partial charge >= 0.3 is 12.0 Å². The lowest BCUT2D eigenvalue weighted by Crippen LogP contribution is -2.25. The van der Waals surface area contributed by atoms with Gasteiger partial charge in [-0.2, -0.15) is 0 Å². The SMILES string of the molecule is COC(=O)CCNC(=O)c1cc(-c2cc(Oc3ccc(NC(=O)Nc4cc(C)ccc4F)c(F)c3)ccn2)cs1. The number of methoxy groups -OCH3 is 1. The van der Waals surface area contributed by atoms with Crippen LogP contribution in [0.1, 0.15) is 21.7 Å². The van der Waals surface area contributed by atoms with E-state index in [0.29, 0.717) is 21.9 Å². The second kappa shape index (κ2) is 12.8. The normalized spacial score (nSPS) is 10.5. The van der Waals surface area contributed by atoms with Crippen molar-refractivity contribution in [3.05, 3.63) is 88.2 Å². The van der Waals surface area contributed by atoms with Crippen LogP contribution in [0.25, 0.3) is 11.3 Å². The van der Waals surface area contributed by atoms with E-state index in [9.17, 15) is 23.2 Å². The van der Waals surface area contributed by atoms with E-state index in [-0.39, 0.29) is 36.0 Å². The number of halogens is 2. The van der Waals surface area contributed by atoms with Crippen LogP contribution in [0.5, 0.6) is 11.5 Å². The molecule has 40 heavy (non-hydrogen) atoms. The van der Waals surface area contributed by atoms with E-state index in [1.54, 1.807) is 36.6 Å². The standard InChI is InChI=1S/C28H24F2N4O5S/c1-16-3-5-20(29)24(11-16)34-28(37)33-22-6-4-18(13-21(22)30)39-19-7-9-31-23(14-19)17-12-25(40-15-17)27(36)32-10-8-26(35)38-2/h3-7,9,11-15H,8,10H2,1-2H3,(H,32,36)(H2,33,34,37). The number of ether oxygens (including phenoxy) is 2. The van der Waals surface area contributed by atoms with Crippen LogP contribution in [-0.4, -0.2) is 36.5 Å². The van der Waals surface area contributed by atoms with Gasteiger partial charge in [-0.15, -0.1) is 11.3 Å². The van der Waals surface area contributed by atoms with Gasteiger partial charge in [-0.1, -0.05) is 6.07 Å². The number of thiophene rings is 1. The second-order valence-electron chi connectivity index (χ2n) is 8.46. The molecule has 0 aliphatic rings. The van der Waals surface area contributed by atoms with E-state index in [0.717, 1.165) is 11.6 Å². The Balaban J connectivity index is 1.38. The number of nitrogens with zero attached hydrogens (tertiary/aromatic N) is 1. The third kappa shape index (κ3) is 7.38. The Bertz CT molecular complexity index is 1560. The molecule has 0 aliphatic heterocycles. The molecule has 4 rings (SSSR count). The predicted molar refractivity (Wildman–Crippen MR) is 147 cm³/mol. The highest BCUT2D eigenvalue weighted by molar-refractivity contribution is 7.12. The Labute approximate surface area is 232 Å². The first-order valence-electron chi connectivity index (χ1n) is 11.9. The Hall–Kier alpha value is -4.84. The molecular weight excluding hydrogens is 542 g/mol. The summed E-state index contributed by atoms with van der Waals surface area (Å²) in [5.41, 5.74) is 1.81. The van der Waals surface area contributed by atoms with E-state index in [4.69, 9.17) is 4.74 Å². The van der Waals surface area contributed by atoms with Crippen molar-refractivity contribution in [2.75, 3.05) is 24.3 Å². The highest BCUT2D eigenvalue weighted by Crippen LogP contribution is 2.30. The van der Waals surface area contributed by atoms with Crippen molar-refractivity contribution in [1.82, 2.24) is 10.3 Å². The molecule has 0 spiro atoms. The molecule has 2 heterocycles. The fraction of sp³-hybridized carbons (Fsp3) is 0.143. The first-order chi connectivity index (χ1) is 19.2. The van der Waals surface area contributed by atoms with Crippen molar-refractivity contribution in [1.29, 1.82) is 0 Å². The number of carbonyl (C=O) groups is 3. The molecule has 0 aliphatic carbocycles. The smallest absolute Gasteiger partial charge is 0.323 e. The second-order valence-corrected chi connectivity index (χ2v) is 9.38. The number of aromatic nitrogens is 1. The van der Waals surface area contributed by atoms with Crippen LogP contribution in [0.15, 0.2) is 66.2 Å². The van der Waals surface area contributed by atoms with Crippen LogP contribution in [0.4, 0.5) is 25.0 Å². The number of urea groups is 1. The maximum atomic E-state index is 14.7. The van der Waals surface area contributed by atoms with Crippen LogP contribution in [0.2, 0.25) is 0 Å². The number of anilines is 2. The Morgan fingerprint density at radius 3 is 2.48 bits per heavy atom. The van der Waals surface area contributed by atoms with Gasteiger partial charge in [-0.25, -0.2) is 13.6 Å². The average molecular weight is 567 g/mol. The number of hydrogen-bond donors (Lipinski definition) is 3. The zero-order chi connectivity index (χ0) is 28.6. The number of aryl methyl sites for hydroxylation is 1. The average Bonchev–Trinajstić information content (AvgIpc) is 3.43. The third-order valence-corrected chi connectivity index (χ3v) is 6.42.